The van der Waals surface area contributed by atoms with E-state index in [0.29, 0.717) is 32.3 Å². The Morgan fingerprint density at radius 3 is 1.73 bits per heavy atom. The molecule has 1 aliphatic carbocycles. The largest absolute Gasteiger partial charge is 0.393 e. The summed E-state index contributed by atoms with van der Waals surface area (Å²) in [6.07, 6.45) is 2.31. The minimum absolute atomic E-state index is 0.110. The number of hydrogen-bond acceptors (Lipinski definition) is 4. The number of ether oxygens (including phenoxy) is 3. The molecule has 0 aliphatic heterocycles. The Morgan fingerprint density at radius 2 is 1.18 bits per heavy atom. The highest BCUT2D eigenvalue weighted by Gasteiger charge is 2.28. The van der Waals surface area contributed by atoms with E-state index in [1.807, 2.05) is 66.7 Å². The first-order valence-electron chi connectivity index (χ1n) is 11.7. The van der Waals surface area contributed by atoms with E-state index in [-0.39, 0.29) is 12.2 Å². The topological polar surface area (TPSA) is 47.9 Å². The van der Waals surface area contributed by atoms with Crippen LogP contribution >= 0.6 is 0 Å². The summed E-state index contributed by atoms with van der Waals surface area (Å²) in [4.78, 5) is 0. The Labute approximate surface area is 198 Å². The van der Waals surface area contributed by atoms with Gasteiger partial charge in [0.15, 0.2) is 0 Å². The molecule has 0 amide bonds. The van der Waals surface area contributed by atoms with Crippen molar-refractivity contribution in [3.8, 4) is 0 Å². The van der Waals surface area contributed by atoms with Crippen molar-refractivity contribution in [2.45, 2.75) is 51.3 Å². The van der Waals surface area contributed by atoms with Crippen molar-refractivity contribution in [3.05, 3.63) is 108 Å². The fourth-order valence-corrected chi connectivity index (χ4v) is 4.07. The van der Waals surface area contributed by atoms with Gasteiger partial charge >= 0.3 is 0 Å². The number of benzene rings is 3. The Kier molecular flexibility index (Phi) is 11.1. The van der Waals surface area contributed by atoms with E-state index in [2.05, 4.69) is 24.3 Å². The number of aliphatic hydroxyl groups excluding tert-OH is 1. The maximum atomic E-state index is 10.1. The second-order valence-electron chi connectivity index (χ2n) is 8.56. The van der Waals surface area contributed by atoms with Crippen molar-refractivity contribution in [3.63, 3.8) is 0 Å². The van der Waals surface area contributed by atoms with Gasteiger partial charge in [-0.2, -0.15) is 0 Å². The lowest BCUT2D eigenvalue weighted by Gasteiger charge is -2.32. The molecule has 0 bridgehead atoms. The number of methoxy groups -OCH3 is 1. The van der Waals surface area contributed by atoms with Crippen LogP contribution in [0.1, 0.15) is 36.0 Å². The zero-order valence-electron chi connectivity index (χ0n) is 19.5. The number of rotatable bonds is 9. The summed E-state index contributed by atoms with van der Waals surface area (Å²) in [5.74, 6) is 0.359. The van der Waals surface area contributed by atoms with E-state index >= 15 is 0 Å². The van der Waals surface area contributed by atoms with Crippen molar-refractivity contribution in [1.82, 2.24) is 0 Å². The lowest BCUT2D eigenvalue weighted by molar-refractivity contribution is -0.0572. The molecular formula is C29H36O4. The van der Waals surface area contributed by atoms with Crippen LogP contribution in [0.3, 0.4) is 0 Å². The Morgan fingerprint density at radius 1 is 0.667 bits per heavy atom. The number of aliphatic hydroxyl groups is 1. The summed E-state index contributed by atoms with van der Waals surface area (Å²) in [7, 11) is 1.70. The maximum Gasteiger partial charge on any atom is 0.0720 e. The first kappa shape index (κ1) is 25.1. The molecule has 0 radical (unpaired) electrons. The molecule has 33 heavy (non-hydrogen) atoms. The van der Waals surface area contributed by atoms with Gasteiger partial charge in [-0.25, -0.2) is 0 Å². The SMILES string of the molecule is COCc1ccccc1.OC1CC(COCc2ccccc2)CC(OCc2ccccc2)C1. The molecule has 3 unspecified atom stereocenters. The van der Waals surface area contributed by atoms with Crippen molar-refractivity contribution in [2.24, 2.45) is 5.92 Å². The van der Waals surface area contributed by atoms with Gasteiger partial charge in [0, 0.05) is 7.11 Å². The molecule has 1 aliphatic rings. The van der Waals surface area contributed by atoms with Crippen LogP contribution in [0, 0.1) is 5.92 Å². The Balaban J connectivity index is 0.000000286. The average Bonchev–Trinajstić information content (AvgIpc) is 2.85. The summed E-state index contributed by atoms with van der Waals surface area (Å²) < 4.78 is 16.8. The van der Waals surface area contributed by atoms with Gasteiger partial charge in [0.25, 0.3) is 0 Å². The van der Waals surface area contributed by atoms with E-state index < -0.39 is 0 Å². The molecule has 4 heteroatoms. The second kappa shape index (κ2) is 14.6. The van der Waals surface area contributed by atoms with Crippen LogP contribution in [0.25, 0.3) is 0 Å². The monoisotopic (exact) mass is 448 g/mol. The fraction of sp³-hybridized carbons (Fsp3) is 0.379. The fourth-order valence-electron chi connectivity index (χ4n) is 4.07. The summed E-state index contributed by atoms with van der Waals surface area (Å²) >= 11 is 0. The molecule has 1 N–H and O–H groups in total. The molecule has 1 saturated carbocycles. The van der Waals surface area contributed by atoms with Gasteiger partial charge in [0.2, 0.25) is 0 Å². The third-order valence-corrected chi connectivity index (χ3v) is 5.68. The molecule has 3 atom stereocenters. The van der Waals surface area contributed by atoms with Crippen molar-refractivity contribution in [2.75, 3.05) is 13.7 Å². The first-order chi connectivity index (χ1) is 16.2. The van der Waals surface area contributed by atoms with Crippen LogP contribution < -0.4 is 0 Å². The van der Waals surface area contributed by atoms with Crippen LogP contribution in [0.2, 0.25) is 0 Å². The zero-order valence-corrected chi connectivity index (χ0v) is 19.5. The summed E-state index contributed by atoms with van der Waals surface area (Å²) in [5.41, 5.74) is 3.58. The van der Waals surface area contributed by atoms with Gasteiger partial charge in [-0.15, -0.1) is 0 Å². The van der Waals surface area contributed by atoms with Gasteiger partial charge in [-0.1, -0.05) is 91.0 Å². The lowest BCUT2D eigenvalue weighted by atomic mass is 9.85. The van der Waals surface area contributed by atoms with Crippen molar-refractivity contribution < 1.29 is 19.3 Å². The van der Waals surface area contributed by atoms with Gasteiger partial charge in [-0.05, 0) is 41.9 Å². The van der Waals surface area contributed by atoms with Gasteiger partial charge in [0.1, 0.15) is 0 Å². The molecule has 0 aromatic heterocycles. The molecule has 0 heterocycles. The van der Waals surface area contributed by atoms with Crippen LogP contribution in [-0.2, 0) is 34.0 Å². The van der Waals surface area contributed by atoms with Crippen LogP contribution in [0.5, 0.6) is 0 Å². The number of hydrogen-bond donors (Lipinski definition) is 1. The van der Waals surface area contributed by atoms with E-state index in [9.17, 15) is 5.11 Å². The van der Waals surface area contributed by atoms with Crippen LogP contribution in [-0.4, -0.2) is 31.0 Å². The Hall–Kier alpha value is -2.50. The van der Waals surface area contributed by atoms with Crippen LogP contribution in [0.4, 0.5) is 0 Å². The van der Waals surface area contributed by atoms with E-state index in [4.69, 9.17) is 14.2 Å². The second-order valence-corrected chi connectivity index (χ2v) is 8.56. The smallest absolute Gasteiger partial charge is 0.0720 e. The van der Waals surface area contributed by atoms with E-state index in [1.54, 1.807) is 7.11 Å². The highest BCUT2D eigenvalue weighted by atomic mass is 16.5. The molecule has 3 aromatic carbocycles. The van der Waals surface area contributed by atoms with Crippen molar-refractivity contribution in [1.29, 1.82) is 0 Å². The molecular weight excluding hydrogens is 412 g/mol. The molecule has 176 valence electrons. The van der Waals surface area contributed by atoms with E-state index in [1.165, 1.54) is 16.7 Å². The highest BCUT2D eigenvalue weighted by Crippen LogP contribution is 2.28. The quantitative estimate of drug-likeness (QED) is 0.451. The third-order valence-electron chi connectivity index (χ3n) is 5.68. The van der Waals surface area contributed by atoms with Gasteiger partial charge in [0.05, 0.1) is 38.6 Å². The highest BCUT2D eigenvalue weighted by molar-refractivity contribution is 5.14. The Bertz CT molecular complexity index is 870. The summed E-state index contributed by atoms with van der Waals surface area (Å²) in [5, 5.41) is 10.1. The molecule has 0 saturated heterocycles. The molecule has 4 nitrogen and oxygen atoms in total. The predicted molar refractivity (Wildman–Crippen MR) is 132 cm³/mol. The van der Waals surface area contributed by atoms with Crippen molar-refractivity contribution >= 4 is 0 Å². The maximum absolute atomic E-state index is 10.1. The van der Waals surface area contributed by atoms with Gasteiger partial charge in [-0.3, -0.25) is 0 Å². The molecule has 1 fully saturated rings. The standard InChI is InChI=1S/C21H26O3.C8H10O/c22-20-11-19(15-23-14-17-7-3-1-4-8-17)12-21(13-20)24-16-18-9-5-2-6-10-18;1-9-7-8-5-3-2-4-6-8/h1-10,19-22H,11-16H2;2-6H,7H2,1H3. The predicted octanol–water partition coefficient (Wildman–Crippen LogP) is 5.78. The summed E-state index contributed by atoms with van der Waals surface area (Å²) in [6.45, 7) is 2.62. The van der Waals surface area contributed by atoms with Gasteiger partial charge < -0.3 is 19.3 Å². The van der Waals surface area contributed by atoms with E-state index in [0.717, 1.165) is 19.3 Å². The molecule has 4 rings (SSSR count). The third kappa shape index (κ3) is 9.89. The first-order valence-corrected chi connectivity index (χ1v) is 11.7. The molecule has 0 spiro atoms. The summed E-state index contributed by atoms with van der Waals surface area (Å²) in [6, 6.07) is 30.5. The zero-order chi connectivity index (χ0) is 23.1. The lowest BCUT2D eigenvalue weighted by Crippen LogP contribution is -2.33. The van der Waals surface area contributed by atoms with Crippen LogP contribution in [0.15, 0.2) is 91.0 Å². The minimum atomic E-state index is -0.287. The average molecular weight is 449 g/mol. The minimum Gasteiger partial charge on any atom is -0.393 e. The molecule has 3 aromatic rings. The normalized spacial score (nSPS) is 20.0.